The summed E-state index contributed by atoms with van der Waals surface area (Å²) < 4.78 is 28.8. The lowest BCUT2D eigenvalue weighted by Gasteiger charge is -2.22. The fraction of sp³-hybridized carbons (Fsp3) is 0.600. The van der Waals surface area contributed by atoms with Crippen LogP contribution in [0.5, 0.6) is 5.75 Å². The zero-order valence-corrected chi connectivity index (χ0v) is 13.1. The minimum absolute atomic E-state index is 0.0436. The van der Waals surface area contributed by atoms with Crippen LogP contribution in [-0.4, -0.2) is 32.1 Å². The highest BCUT2D eigenvalue weighted by Crippen LogP contribution is 2.27. The molecule has 0 aromatic heterocycles. The number of benzene rings is 1. The first-order valence-electron chi connectivity index (χ1n) is 7.09. The highest BCUT2D eigenvalue weighted by molar-refractivity contribution is 7.91. The van der Waals surface area contributed by atoms with Crippen molar-refractivity contribution < 1.29 is 13.2 Å². The van der Waals surface area contributed by atoms with E-state index in [4.69, 9.17) is 4.74 Å². The summed E-state index contributed by atoms with van der Waals surface area (Å²) in [6.45, 7) is 6.05. The van der Waals surface area contributed by atoms with Gasteiger partial charge in [0.25, 0.3) is 0 Å². The van der Waals surface area contributed by atoms with Crippen LogP contribution in [0.25, 0.3) is 0 Å². The van der Waals surface area contributed by atoms with Crippen LogP contribution in [0.3, 0.4) is 0 Å². The van der Waals surface area contributed by atoms with Crippen molar-refractivity contribution in [2.75, 3.05) is 11.5 Å². The molecule has 2 atom stereocenters. The maximum absolute atomic E-state index is 11.5. The minimum atomic E-state index is -2.85. The predicted molar refractivity (Wildman–Crippen MR) is 80.8 cm³/mol. The monoisotopic (exact) mass is 297 g/mol. The summed E-state index contributed by atoms with van der Waals surface area (Å²) in [7, 11) is -2.85. The summed E-state index contributed by atoms with van der Waals surface area (Å²) in [6, 6.07) is 8.03. The van der Waals surface area contributed by atoms with E-state index in [2.05, 4.69) is 5.32 Å². The van der Waals surface area contributed by atoms with E-state index in [9.17, 15) is 8.42 Å². The third kappa shape index (κ3) is 3.96. The molecule has 5 heteroatoms. The topological polar surface area (TPSA) is 55.4 Å². The molecule has 20 heavy (non-hydrogen) atoms. The molecule has 4 nitrogen and oxygen atoms in total. The summed E-state index contributed by atoms with van der Waals surface area (Å²) in [4.78, 5) is 0. The van der Waals surface area contributed by atoms with E-state index in [1.54, 1.807) is 0 Å². The van der Waals surface area contributed by atoms with Crippen LogP contribution in [0.2, 0.25) is 0 Å². The van der Waals surface area contributed by atoms with Crippen LogP contribution < -0.4 is 10.1 Å². The van der Waals surface area contributed by atoms with Gasteiger partial charge in [0.2, 0.25) is 0 Å². The number of hydrogen-bond donors (Lipinski definition) is 1. The molecule has 1 heterocycles. The Morgan fingerprint density at radius 1 is 1.25 bits per heavy atom. The van der Waals surface area contributed by atoms with Crippen molar-refractivity contribution in [1.82, 2.24) is 5.32 Å². The summed E-state index contributed by atoms with van der Waals surface area (Å²) >= 11 is 0. The van der Waals surface area contributed by atoms with Gasteiger partial charge in [0.05, 0.1) is 17.6 Å². The molecule has 0 spiro atoms. The van der Waals surface area contributed by atoms with Crippen molar-refractivity contribution in [3.8, 4) is 5.75 Å². The Morgan fingerprint density at radius 2 is 1.95 bits per heavy atom. The van der Waals surface area contributed by atoms with Gasteiger partial charge >= 0.3 is 0 Å². The van der Waals surface area contributed by atoms with Gasteiger partial charge in [0.1, 0.15) is 5.75 Å². The molecule has 2 rings (SSSR count). The Balaban J connectivity index is 2.07. The second-order valence-electron chi connectivity index (χ2n) is 5.69. The first-order chi connectivity index (χ1) is 9.37. The summed E-state index contributed by atoms with van der Waals surface area (Å²) in [5.41, 5.74) is 1.07. The van der Waals surface area contributed by atoms with Gasteiger partial charge in [-0.3, -0.25) is 0 Å². The van der Waals surface area contributed by atoms with Gasteiger partial charge in [-0.25, -0.2) is 8.42 Å². The van der Waals surface area contributed by atoms with E-state index in [0.29, 0.717) is 12.2 Å². The van der Waals surface area contributed by atoms with Gasteiger partial charge in [-0.15, -0.1) is 0 Å². The number of para-hydroxylation sites is 1. The largest absolute Gasteiger partial charge is 0.491 e. The normalized spacial score (nSPS) is 22.9. The third-order valence-corrected chi connectivity index (χ3v) is 5.23. The van der Waals surface area contributed by atoms with E-state index in [1.807, 2.05) is 45.0 Å². The second kappa shape index (κ2) is 6.14. The Bertz CT molecular complexity index is 554. The Hall–Kier alpha value is -1.07. The number of hydrogen-bond acceptors (Lipinski definition) is 4. The predicted octanol–water partition coefficient (Wildman–Crippen LogP) is 2.31. The molecule has 0 amide bonds. The third-order valence-electron chi connectivity index (χ3n) is 3.47. The molecule has 1 saturated heterocycles. The highest BCUT2D eigenvalue weighted by Gasteiger charge is 2.29. The van der Waals surface area contributed by atoms with Crippen molar-refractivity contribution in [3.63, 3.8) is 0 Å². The van der Waals surface area contributed by atoms with Crippen molar-refractivity contribution in [3.05, 3.63) is 29.8 Å². The van der Waals surface area contributed by atoms with Gasteiger partial charge in [0, 0.05) is 17.6 Å². The van der Waals surface area contributed by atoms with Gasteiger partial charge in [-0.2, -0.15) is 0 Å². The van der Waals surface area contributed by atoms with Crippen molar-refractivity contribution in [1.29, 1.82) is 0 Å². The van der Waals surface area contributed by atoms with Gasteiger partial charge in [0.15, 0.2) is 9.84 Å². The number of nitrogens with one attached hydrogen (secondary N) is 1. The molecule has 1 N–H and O–H groups in total. The molecule has 1 aromatic rings. The van der Waals surface area contributed by atoms with Crippen LogP contribution in [0.1, 0.15) is 38.8 Å². The summed E-state index contributed by atoms with van der Waals surface area (Å²) in [5, 5.41) is 3.41. The second-order valence-corrected chi connectivity index (χ2v) is 7.92. The van der Waals surface area contributed by atoms with Crippen LogP contribution >= 0.6 is 0 Å². The van der Waals surface area contributed by atoms with Crippen molar-refractivity contribution in [2.45, 2.75) is 45.4 Å². The van der Waals surface area contributed by atoms with E-state index in [-0.39, 0.29) is 23.9 Å². The van der Waals surface area contributed by atoms with Crippen LogP contribution in [0.15, 0.2) is 24.3 Å². The maximum Gasteiger partial charge on any atom is 0.151 e. The molecule has 0 bridgehead atoms. The Morgan fingerprint density at radius 3 is 2.55 bits per heavy atom. The smallest absolute Gasteiger partial charge is 0.151 e. The summed E-state index contributed by atoms with van der Waals surface area (Å²) in [6.07, 6.45) is 0.815. The average Bonchev–Trinajstić information content (AvgIpc) is 2.68. The molecular formula is C15H23NO3S. The molecule has 0 saturated carbocycles. The van der Waals surface area contributed by atoms with Crippen molar-refractivity contribution >= 4 is 9.84 Å². The van der Waals surface area contributed by atoms with Gasteiger partial charge in [-0.1, -0.05) is 18.2 Å². The minimum Gasteiger partial charge on any atom is -0.491 e. The molecule has 0 radical (unpaired) electrons. The van der Waals surface area contributed by atoms with E-state index >= 15 is 0 Å². The zero-order chi connectivity index (χ0) is 14.8. The van der Waals surface area contributed by atoms with Gasteiger partial charge in [-0.05, 0) is 33.3 Å². The standard InChI is InChI=1S/C15H23NO3S/c1-11(2)19-15-7-5-4-6-14(15)12(3)16-13-8-9-20(17,18)10-13/h4-7,11-13,16H,8-10H2,1-3H3. The SMILES string of the molecule is CC(C)Oc1ccccc1C(C)NC1CCS(=O)(=O)C1. The number of ether oxygens (including phenoxy) is 1. The first-order valence-corrected chi connectivity index (χ1v) is 8.91. The zero-order valence-electron chi connectivity index (χ0n) is 12.3. The first kappa shape index (κ1) is 15.3. The lowest BCUT2D eigenvalue weighted by atomic mass is 10.1. The Labute approximate surface area is 121 Å². The van der Waals surface area contributed by atoms with E-state index in [0.717, 1.165) is 11.3 Å². The Kier molecular flexibility index (Phi) is 4.70. The number of sulfone groups is 1. The lowest BCUT2D eigenvalue weighted by Crippen LogP contribution is -2.32. The van der Waals surface area contributed by atoms with Crippen LogP contribution in [0.4, 0.5) is 0 Å². The average molecular weight is 297 g/mol. The van der Waals surface area contributed by atoms with E-state index < -0.39 is 9.84 Å². The van der Waals surface area contributed by atoms with Gasteiger partial charge < -0.3 is 10.1 Å². The summed E-state index contributed by atoms with van der Waals surface area (Å²) in [5.74, 6) is 1.40. The molecule has 1 aromatic carbocycles. The fourth-order valence-corrected chi connectivity index (χ4v) is 4.26. The molecule has 1 fully saturated rings. The molecular weight excluding hydrogens is 274 g/mol. The van der Waals surface area contributed by atoms with Crippen LogP contribution in [-0.2, 0) is 9.84 Å². The molecule has 1 aliphatic heterocycles. The molecule has 112 valence electrons. The molecule has 0 aliphatic carbocycles. The lowest BCUT2D eigenvalue weighted by molar-refractivity contribution is 0.237. The van der Waals surface area contributed by atoms with Crippen LogP contribution in [0, 0.1) is 0 Å². The fourth-order valence-electron chi connectivity index (χ4n) is 2.57. The molecule has 1 aliphatic rings. The number of rotatable bonds is 5. The van der Waals surface area contributed by atoms with E-state index in [1.165, 1.54) is 0 Å². The highest BCUT2D eigenvalue weighted by atomic mass is 32.2. The molecule has 2 unspecified atom stereocenters. The van der Waals surface area contributed by atoms with Crippen molar-refractivity contribution in [2.24, 2.45) is 0 Å². The maximum atomic E-state index is 11.5. The quantitative estimate of drug-likeness (QED) is 0.906.